The Balaban J connectivity index is 1.28. The number of fused-ring (bicyclic) bond motifs is 4. The van der Waals surface area contributed by atoms with Crippen molar-refractivity contribution in [1.82, 2.24) is 9.88 Å². The van der Waals surface area contributed by atoms with Crippen molar-refractivity contribution in [3.8, 4) is 33.8 Å². The van der Waals surface area contributed by atoms with Gasteiger partial charge in [-0.3, -0.25) is 9.88 Å². The summed E-state index contributed by atoms with van der Waals surface area (Å²) in [5, 5.41) is 0. The normalized spacial score (nSPS) is 14.6. The zero-order valence-corrected chi connectivity index (χ0v) is 18.8. The van der Waals surface area contributed by atoms with Crippen LogP contribution in [0.4, 0.5) is 0 Å². The molecule has 0 N–H and O–H groups in total. The second-order valence-electron chi connectivity index (χ2n) is 8.79. The molecule has 0 amide bonds. The van der Waals surface area contributed by atoms with Crippen molar-refractivity contribution in [2.24, 2.45) is 0 Å². The summed E-state index contributed by atoms with van der Waals surface area (Å²) < 4.78 is 11.9. The molecule has 3 aromatic carbocycles. The average Bonchev–Trinajstić information content (AvgIpc) is 3.10. The van der Waals surface area contributed by atoms with E-state index in [0.29, 0.717) is 6.61 Å². The van der Waals surface area contributed by atoms with Crippen molar-refractivity contribution >= 4 is 0 Å². The summed E-state index contributed by atoms with van der Waals surface area (Å²) >= 11 is 0. The van der Waals surface area contributed by atoms with Gasteiger partial charge < -0.3 is 9.47 Å². The Hall–Kier alpha value is -3.63. The van der Waals surface area contributed by atoms with Gasteiger partial charge in [0.15, 0.2) is 11.5 Å². The number of ether oxygens (including phenoxy) is 2. The number of rotatable bonds is 4. The summed E-state index contributed by atoms with van der Waals surface area (Å²) in [5.74, 6) is 1.64. The van der Waals surface area contributed by atoms with Crippen molar-refractivity contribution < 1.29 is 9.47 Å². The summed E-state index contributed by atoms with van der Waals surface area (Å²) in [6, 6.07) is 24.0. The highest BCUT2D eigenvalue weighted by Crippen LogP contribution is 2.39. The summed E-state index contributed by atoms with van der Waals surface area (Å²) in [7, 11) is 1.71. The maximum absolute atomic E-state index is 6.16. The van der Waals surface area contributed by atoms with E-state index in [0.717, 1.165) is 54.2 Å². The number of benzene rings is 3. The zero-order valence-electron chi connectivity index (χ0n) is 18.8. The van der Waals surface area contributed by atoms with Gasteiger partial charge in [-0.05, 0) is 58.0 Å². The van der Waals surface area contributed by atoms with Crippen LogP contribution in [0.5, 0.6) is 11.5 Å². The van der Waals surface area contributed by atoms with Crippen LogP contribution >= 0.6 is 0 Å². The molecule has 1 aliphatic heterocycles. The number of methoxy groups -OCH3 is 1. The lowest BCUT2D eigenvalue weighted by atomic mass is 10.0. The zero-order chi connectivity index (χ0) is 22.2. The molecular weight excluding hydrogens is 408 g/mol. The van der Waals surface area contributed by atoms with Crippen LogP contribution in [0.3, 0.4) is 0 Å². The molecule has 4 nitrogen and oxygen atoms in total. The molecule has 2 aliphatic rings. The van der Waals surface area contributed by atoms with Gasteiger partial charge in [-0.25, -0.2) is 0 Å². The predicted molar refractivity (Wildman–Crippen MR) is 131 cm³/mol. The van der Waals surface area contributed by atoms with Gasteiger partial charge in [0, 0.05) is 43.2 Å². The van der Waals surface area contributed by atoms with Gasteiger partial charge >= 0.3 is 0 Å². The minimum Gasteiger partial charge on any atom is -0.493 e. The predicted octanol–water partition coefficient (Wildman–Crippen LogP) is 5.72. The van der Waals surface area contributed by atoms with E-state index in [1.54, 1.807) is 13.3 Å². The number of hydrogen-bond acceptors (Lipinski definition) is 4. The third kappa shape index (κ3) is 3.77. The van der Waals surface area contributed by atoms with E-state index >= 15 is 0 Å². The number of hydrogen-bond donors (Lipinski definition) is 0. The summed E-state index contributed by atoms with van der Waals surface area (Å²) in [4.78, 5) is 6.74. The van der Waals surface area contributed by atoms with Crippen molar-refractivity contribution in [2.45, 2.75) is 19.5 Å². The van der Waals surface area contributed by atoms with Crippen molar-refractivity contribution in [3.05, 3.63) is 101 Å². The van der Waals surface area contributed by atoms with Crippen molar-refractivity contribution in [3.63, 3.8) is 0 Å². The van der Waals surface area contributed by atoms with Gasteiger partial charge in [0.05, 0.1) is 7.11 Å². The molecule has 164 valence electrons. The summed E-state index contributed by atoms with van der Waals surface area (Å²) in [6.45, 7) is 3.23. The molecule has 1 aliphatic carbocycles. The fourth-order valence-electron chi connectivity index (χ4n) is 5.08. The standard InChI is InChI=1S/C29H26N2O2/c1-32-28-16-23(22-6-4-10-30-17-22)15-25-19-31(11-12-33-29(25)28)18-20-8-9-27-24(13-20)14-21-5-2-3-7-26(21)27/h2-10,13,15-17H,11-12,14,18-19H2,1H3. The Labute approximate surface area is 194 Å². The smallest absolute Gasteiger partial charge is 0.165 e. The maximum Gasteiger partial charge on any atom is 0.165 e. The Kier molecular flexibility index (Phi) is 5.08. The first kappa shape index (κ1) is 20.0. The van der Waals surface area contributed by atoms with Crippen LogP contribution in [0.1, 0.15) is 22.3 Å². The topological polar surface area (TPSA) is 34.6 Å². The van der Waals surface area contributed by atoms with E-state index in [2.05, 4.69) is 64.5 Å². The van der Waals surface area contributed by atoms with E-state index in [-0.39, 0.29) is 0 Å². The van der Waals surface area contributed by atoms with Gasteiger partial charge in [-0.2, -0.15) is 0 Å². The molecule has 0 radical (unpaired) electrons. The number of pyridine rings is 1. The Bertz CT molecular complexity index is 1320. The van der Waals surface area contributed by atoms with E-state index < -0.39 is 0 Å². The van der Waals surface area contributed by atoms with E-state index in [1.165, 1.54) is 27.8 Å². The van der Waals surface area contributed by atoms with Gasteiger partial charge in [-0.15, -0.1) is 0 Å². The second-order valence-corrected chi connectivity index (χ2v) is 8.79. The molecule has 6 rings (SSSR count). The molecule has 0 atom stereocenters. The maximum atomic E-state index is 6.16. The van der Waals surface area contributed by atoms with Gasteiger partial charge in [-0.1, -0.05) is 48.5 Å². The van der Waals surface area contributed by atoms with E-state index in [9.17, 15) is 0 Å². The molecule has 4 heteroatoms. The summed E-state index contributed by atoms with van der Waals surface area (Å²) in [6.07, 6.45) is 4.71. The third-order valence-electron chi connectivity index (χ3n) is 6.66. The lowest BCUT2D eigenvalue weighted by Gasteiger charge is -2.20. The minimum absolute atomic E-state index is 0.645. The third-order valence-corrected chi connectivity index (χ3v) is 6.66. The Morgan fingerprint density at radius 2 is 1.82 bits per heavy atom. The van der Waals surface area contributed by atoms with Crippen LogP contribution in [-0.2, 0) is 19.5 Å². The highest BCUT2D eigenvalue weighted by molar-refractivity contribution is 5.77. The van der Waals surface area contributed by atoms with Crippen molar-refractivity contribution in [2.75, 3.05) is 20.3 Å². The molecule has 1 aromatic heterocycles. The Morgan fingerprint density at radius 1 is 0.909 bits per heavy atom. The van der Waals surface area contributed by atoms with Crippen molar-refractivity contribution in [1.29, 1.82) is 0 Å². The van der Waals surface area contributed by atoms with Crippen LogP contribution in [0.25, 0.3) is 22.3 Å². The monoisotopic (exact) mass is 434 g/mol. The molecule has 0 bridgehead atoms. The van der Waals surface area contributed by atoms with Crippen LogP contribution in [-0.4, -0.2) is 30.1 Å². The highest BCUT2D eigenvalue weighted by Gasteiger charge is 2.22. The Morgan fingerprint density at radius 3 is 2.70 bits per heavy atom. The molecule has 2 heterocycles. The minimum atomic E-state index is 0.645. The first-order valence-corrected chi connectivity index (χ1v) is 11.4. The molecular formula is C29H26N2O2. The van der Waals surface area contributed by atoms with E-state index in [4.69, 9.17) is 9.47 Å². The first-order chi connectivity index (χ1) is 16.3. The average molecular weight is 435 g/mol. The van der Waals surface area contributed by atoms with Gasteiger partial charge in [0.25, 0.3) is 0 Å². The molecule has 0 saturated carbocycles. The SMILES string of the molecule is COc1cc(-c2cccnc2)cc2c1OCCN(Cc1ccc3c(c1)Cc1ccccc1-3)C2. The fraction of sp³-hybridized carbons (Fsp3) is 0.207. The van der Waals surface area contributed by atoms with Crippen LogP contribution in [0.15, 0.2) is 79.1 Å². The quantitative estimate of drug-likeness (QED) is 0.362. The first-order valence-electron chi connectivity index (χ1n) is 11.4. The molecule has 0 saturated heterocycles. The van der Waals surface area contributed by atoms with Gasteiger partial charge in [0.1, 0.15) is 6.61 Å². The van der Waals surface area contributed by atoms with E-state index in [1.807, 2.05) is 18.3 Å². The molecule has 33 heavy (non-hydrogen) atoms. The number of nitrogens with zero attached hydrogens (tertiary/aromatic N) is 2. The molecule has 0 fully saturated rings. The molecule has 0 unspecified atom stereocenters. The summed E-state index contributed by atoms with van der Waals surface area (Å²) in [5.41, 5.74) is 10.3. The lowest BCUT2D eigenvalue weighted by molar-refractivity contribution is 0.217. The molecule has 4 aromatic rings. The highest BCUT2D eigenvalue weighted by atomic mass is 16.5. The number of aromatic nitrogens is 1. The molecule has 0 spiro atoms. The van der Waals surface area contributed by atoms with Crippen LogP contribution < -0.4 is 9.47 Å². The fourth-order valence-corrected chi connectivity index (χ4v) is 5.08. The van der Waals surface area contributed by atoms with Crippen LogP contribution in [0.2, 0.25) is 0 Å². The van der Waals surface area contributed by atoms with Gasteiger partial charge in [0.2, 0.25) is 0 Å². The largest absolute Gasteiger partial charge is 0.493 e. The van der Waals surface area contributed by atoms with Crippen LogP contribution in [0, 0.1) is 0 Å². The second kappa shape index (κ2) is 8.38. The lowest BCUT2D eigenvalue weighted by Crippen LogP contribution is -2.25.